The van der Waals surface area contributed by atoms with E-state index in [4.69, 9.17) is 5.26 Å². The van der Waals surface area contributed by atoms with Crippen molar-refractivity contribution >= 4 is 17.0 Å². The third-order valence-electron chi connectivity index (χ3n) is 0.977. The van der Waals surface area contributed by atoms with Crippen LogP contribution in [0.3, 0.4) is 0 Å². The van der Waals surface area contributed by atoms with Gasteiger partial charge in [-0.3, -0.25) is 4.79 Å². The molecule has 11 heavy (non-hydrogen) atoms. The fraction of sp³-hybridized carbons (Fsp3) is 0.714. The van der Waals surface area contributed by atoms with E-state index in [0.29, 0.717) is 0 Å². The summed E-state index contributed by atoms with van der Waals surface area (Å²) in [5, 5.41) is 8.50. The van der Waals surface area contributed by atoms with Gasteiger partial charge in [-0.1, -0.05) is 0 Å². The van der Waals surface area contributed by atoms with Crippen molar-refractivity contribution < 1.29 is 4.79 Å². The summed E-state index contributed by atoms with van der Waals surface area (Å²) < 4.78 is -0.624. The quantitative estimate of drug-likeness (QED) is 0.604. The third kappa shape index (κ3) is 3.89. The van der Waals surface area contributed by atoms with Gasteiger partial charge in [0.05, 0.1) is 6.07 Å². The molecule has 0 aliphatic heterocycles. The van der Waals surface area contributed by atoms with E-state index in [9.17, 15) is 4.79 Å². The van der Waals surface area contributed by atoms with Crippen molar-refractivity contribution in [1.29, 1.82) is 5.26 Å². The highest BCUT2D eigenvalue weighted by Crippen LogP contribution is 2.24. The molecule has 0 bridgehead atoms. The van der Waals surface area contributed by atoms with Crippen LogP contribution < -0.4 is 0 Å². The van der Waals surface area contributed by atoms with E-state index in [2.05, 4.69) is 0 Å². The van der Waals surface area contributed by atoms with Gasteiger partial charge in [0.1, 0.15) is 4.75 Å². The van der Waals surface area contributed by atoms with Crippen LogP contribution in [0.25, 0.3) is 0 Å². The number of carbonyl (C=O) groups is 1. The van der Waals surface area contributed by atoms with E-state index in [-0.39, 0.29) is 5.24 Å². The Labute approximate surface area is 71.4 Å². The first-order valence-corrected chi connectivity index (χ1v) is 4.02. The van der Waals surface area contributed by atoms with Gasteiger partial charge < -0.3 is 4.90 Å². The molecule has 0 aromatic heterocycles. The normalized spacial score (nSPS) is 10.5. The first-order chi connectivity index (χ1) is 4.89. The van der Waals surface area contributed by atoms with Gasteiger partial charge in [0, 0.05) is 14.1 Å². The van der Waals surface area contributed by atoms with Crippen LogP contribution in [0.1, 0.15) is 13.8 Å². The van der Waals surface area contributed by atoms with Crippen LogP contribution in [-0.2, 0) is 0 Å². The predicted molar refractivity (Wildman–Crippen MR) is 46.4 cm³/mol. The molecule has 0 rings (SSSR count). The molecule has 0 unspecified atom stereocenters. The topological polar surface area (TPSA) is 44.1 Å². The van der Waals surface area contributed by atoms with Crippen molar-refractivity contribution in [1.82, 2.24) is 4.90 Å². The van der Waals surface area contributed by atoms with Crippen LogP contribution in [-0.4, -0.2) is 29.0 Å². The lowest BCUT2D eigenvalue weighted by Crippen LogP contribution is -2.23. The lowest BCUT2D eigenvalue weighted by atomic mass is 10.2. The third-order valence-corrected chi connectivity index (χ3v) is 2.12. The van der Waals surface area contributed by atoms with Gasteiger partial charge in [0.25, 0.3) is 5.24 Å². The highest BCUT2D eigenvalue weighted by atomic mass is 32.2. The molecule has 0 N–H and O–H groups in total. The SMILES string of the molecule is CN(C)C(=O)SC(C)(C)C#N. The molecule has 4 heteroatoms. The van der Waals surface area contributed by atoms with Crippen molar-refractivity contribution in [2.75, 3.05) is 14.1 Å². The molecule has 0 fully saturated rings. The first-order valence-electron chi connectivity index (χ1n) is 3.20. The molecule has 0 spiro atoms. The standard InChI is InChI=1S/C7H12N2OS/c1-7(2,5-8)11-6(10)9(3)4/h1-4H3. The van der Waals surface area contributed by atoms with Gasteiger partial charge in [-0.05, 0) is 25.6 Å². The van der Waals surface area contributed by atoms with Gasteiger partial charge in [-0.25, -0.2) is 0 Å². The Morgan fingerprint density at radius 2 is 2.00 bits per heavy atom. The summed E-state index contributed by atoms with van der Waals surface area (Å²) in [6.45, 7) is 3.44. The number of thioether (sulfide) groups is 1. The Balaban J connectivity index is 4.08. The van der Waals surface area contributed by atoms with Crippen LogP contribution in [0.15, 0.2) is 0 Å². The number of carbonyl (C=O) groups excluding carboxylic acids is 1. The predicted octanol–water partition coefficient (Wildman–Crippen LogP) is 1.70. The molecular formula is C7H12N2OS. The van der Waals surface area contributed by atoms with Crippen LogP contribution >= 0.6 is 11.8 Å². The van der Waals surface area contributed by atoms with E-state index in [0.717, 1.165) is 11.8 Å². The Morgan fingerprint density at radius 3 is 2.27 bits per heavy atom. The number of hydrogen-bond acceptors (Lipinski definition) is 3. The molecule has 3 nitrogen and oxygen atoms in total. The van der Waals surface area contributed by atoms with Crippen molar-refractivity contribution in [2.45, 2.75) is 18.6 Å². The Morgan fingerprint density at radius 1 is 1.55 bits per heavy atom. The summed E-state index contributed by atoms with van der Waals surface area (Å²) in [5.74, 6) is 0. The van der Waals surface area contributed by atoms with Crippen LogP contribution in [0.5, 0.6) is 0 Å². The minimum absolute atomic E-state index is 0.0865. The smallest absolute Gasteiger partial charge is 0.282 e. The molecule has 0 saturated heterocycles. The molecular weight excluding hydrogens is 160 g/mol. The first kappa shape index (κ1) is 10.3. The minimum atomic E-state index is -0.624. The van der Waals surface area contributed by atoms with E-state index in [1.165, 1.54) is 4.90 Å². The summed E-state index contributed by atoms with van der Waals surface area (Å²) in [5.41, 5.74) is 0. The number of amides is 1. The summed E-state index contributed by atoms with van der Waals surface area (Å²) in [6.07, 6.45) is 0. The maximum Gasteiger partial charge on any atom is 0.282 e. The van der Waals surface area contributed by atoms with E-state index in [1.54, 1.807) is 27.9 Å². The number of hydrogen-bond donors (Lipinski definition) is 0. The zero-order valence-corrected chi connectivity index (χ0v) is 8.03. The molecule has 0 saturated carbocycles. The summed E-state index contributed by atoms with van der Waals surface area (Å²) in [6, 6.07) is 2.04. The van der Waals surface area contributed by atoms with Crippen LogP contribution in [0.2, 0.25) is 0 Å². The van der Waals surface area contributed by atoms with Gasteiger partial charge >= 0.3 is 0 Å². The number of rotatable bonds is 1. The molecule has 62 valence electrons. The lowest BCUT2D eigenvalue weighted by molar-refractivity contribution is 0.241. The maximum atomic E-state index is 11.1. The Kier molecular flexibility index (Phi) is 3.40. The van der Waals surface area contributed by atoms with E-state index < -0.39 is 4.75 Å². The van der Waals surface area contributed by atoms with Crippen molar-refractivity contribution in [3.05, 3.63) is 0 Å². The molecule has 0 atom stereocenters. The maximum absolute atomic E-state index is 11.1. The summed E-state index contributed by atoms with van der Waals surface area (Å²) in [4.78, 5) is 12.5. The number of nitriles is 1. The fourth-order valence-corrected chi connectivity index (χ4v) is 0.997. The molecule has 0 heterocycles. The molecule has 0 radical (unpaired) electrons. The minimum Gasteiger partial charge on any atom is -0.340 e. The van der Waals surface area contributed by atoms with Crippen LogP contribution in [0, 0.1) is 11.3 Å². The molecule has 0 aliphatic rings. The molecule has 0 aromatic rings. The molecule has 1 amide bonds. The second-order valence-corrected chi connectivity index (χ2v) is 4.46. The highest BCUT2D eigenvalue weighted by molar-refractivity contribution is 8.14. The fourth-order valence-electron chi connectivity index (χ4n) is 0.332. The summed E-state index contributed by atoms with van der Waals surface area (Å²) >= 11 is 1.04. The van der Waals surface area contributed by atoms with Gasteiger partial charge in [0.15, 0.2) is 0 Å². The van der Waals surface area contributed by atoms with Gasteiger partial charge in [0.2, 0.25) is 0 Å². The van der Waals surface area contributed by atoms with Crippen molar-refractivity contribution in [3.63, 3.8) is 0 Å². The second kappa shape index (κ2) is 3.63. The lowest BCUT2D eigenvalue weighted by Gasteiger charge is -2.16. The zero-order chi connectivity index (χ0) is 9.07. The monoisotopic (exact) mass is 172 g/mol. The largest absolute Gasteiger partial charge is 0.340 e. The van der Waals surface area contributed by atoms with E-state index >= 15 is 0 Å². The van der Waals surface area contributed by atoms with E-state index in [1.807, 2.05) is 6.07 Å². The molecule has 0 aliphatic carbocycles. The highest BCUT2D eigenvalue weighted by Gasteiger charge is 2.22. The molecule has 0 aromatic carbocycles. The van der Waals surface area contributed by atoms with Crippen molar-refractivity contribution in [3.8, 4) is 6.07 Å². The average molecular weight is 172 g/mol. The average Bonchev–Trinajstić information content (AvgIpc) is 1.87. The second-order valence-electron chi connectivity index (χ2n) is 2.88. The zero-order valence-electron chi connectivity index (χ0n) is 7.21. The van der Waals surface area contributed by atoms with Gasteiger partial charge in [-0.15, -0.1) is 0 Å². The van der Waals surface area contributed by atoms with Gasteiger partial charge in [-0.2, -0.15) is 5.26 Å². The van der Waals surface area contributed by atoms with Crippen molar-refractivity contribution in [2.24, 2.45) is 0 Å². The Bertz CT molecular complexity index is 193. The Hall–Kier alpha value is -0.690. The van der Waals surface area contributed by atoms with Crippen LogP contribution in [0.4, 0.5) is 4.79 Å². The summed E-state index contributed by atoms with van der Waals surface area (Å²) in [7, 11) is 3.34. The number of nitrogens with zero attached hydrogens (tertiary/aromatic N) is 2.